The highest BCUT2D eigenvalue weighted by atomic mass is 35.5. The molecule has 0 aliphatic carbocycles. The number of ketones is 1. The van der Waals surface area contributed by atoms with Gasteiger partial charge in [0.15, 0.2) is 5.78 Å². The van der Waals surface area contributed by atoms with E-state index in [0.29, 0.717) is 15.6 Å². The van der Waals surface area contributed by atoms with Gasteiger partial charge in [-0.15, -0.1) is 11.8 Å². The van der Waals surface area contributed by atoms with Gasteiger partial charge in [-0.3, -0.25) is 4.79 Å². The summed E-state index contributed by atoms with van der Waals surface area (Å²) in [6, 6.07) is 14.4. The second-order valence-corrected chi connectivity index (χ2v) is 6.50. The van der Waals surface area contributed by atoms with E-state index < -0.39 is 0 Å². The Morgan fingerprint density at radius 3 is 1.90 bits per heavy atom. The van der Waals surface area contributed by atoms with Gasteiger partial charge in [-0.1, -0.05) is 42.3 Å². The summed E-state index contributed by atoms with van der Waals surface area (Å²) in [7, 11) is 0. The zero-order valence-electron chi connectivity index (χ0n) is 11.5. The molecule has 0 aromatic heterocycles. The van der Waals surface area contributed by atoms with Crippen molar-refractivity contribution in [1.29, 1.82) is 0 Å². The van der Waals surface area contributed by atoms with Gasteiger partial charge in [0.05, 0.1) is 0 Å². The number of hydrogen-bond donors (Lipinski definition) is 0. The van der Waals surface area contributed by atoms with Crippen molar-refractivity contribution in [2.24, 2.45) is 0 Å². The van der Waals surface area contributed by atoms with Crippen LogP contribution in [0.3, 0.4) is 0 Å². The standard InChI is InChI=1S/C17H14Cl2OS/c1-2-21-17(13-5-9-15(19)10-6-13)11-16(20)12-3-7-14(18)8-4-12/h3-11H,2H2,1H3/b17-11+. The fraction of sp³-hybridized carbons (Fsp3) is 0.118. The molecule has 108 valence electrons. The number of hydrogen-bond acceptors (Lipinski definition) is 2. The third-order valence-corrected chi connectivity index (χ3v) is 4.28. The third kappa shape index (κ3) is 4.63. The fourth-order valence-electron chi connectivity index (χ4n) is 1.79. The number of carbonyl (C=O) groups is 1. The van der Waals surface area contributed by atoms with E-state index in [-0.39, 0.29) is 5.78 Å². The zero-order valence-corrected chi connectivity index (χ0v) is 13.8. The SMILES string of the molecule is CCS/C(=C/C(=O)c1ccc(Cl)cc1)c1ccc(Cl)cc1. The molecule has 0 unspecified atom stereocenters. The van der Waals surface area contributed by atoms with Crippen molar-refractivity contribution in [2.45, 2.75) is 6.92 Å². The second-order valence-electron chi connectivity index (χ2n) is 4.32. The van der Waals surface area contributed by atoms with Crippen LogP contribution < -0.4 is 0 Å². The molecule has 0 amide bonds. The van der Waals surface area contributed by atoms with Crippen LogP contribution in [0.4, 0.5) is 0 Å². The quantitative estimate of drug-likeness (QED) is 0.494. The summed E-state index contributed by atoms with van der Waals surface area (Å²) >= 11 is 13.4. The molecule has 0 saturated heterocycles. The highest BCUT2D eigenvalue weighted by Gasteiger charge is 2.07. The molecule has 0 N–H and O–H groups in total. The van der Waals surface area contributed by atoms with E-state index in [1.54, 1.807) is 42.1 Å². The topological polar surface area (TPSA) is 17.1 Å². The maximum atomic E-state index is 12.3. The molecule has 0 spiro atoms. The van der Waals surface area contributed by atoms with Crippen molar-refractivity contribution in [3.63, 3.8) is 0 Å². The van der Waals surface area contributed by atoms with Crippen molar-refractivity contribution in [3.05, 3.63) is 75.8 Å². The molecule has 21 heavy (non-hydrogen) atoms. The lowest BCUT2D eigenvalue weighted by Gasteiger charge is -2.06. The molecule has 0 atom stereocenters. The number of benzene rings is 2. The Kier molecular flexibility index (Phi) is 5.92. The maximum Gasteiger partial charge on any atom is 0.186 e. The van der Waals surface area contributed by atoms with E-state index in [4.69, 9.17) is 23.2 Å². The van der Waals surface area contributed by atoms with Crippen molar-refractivity contribution in [1.82, 2.24) is 0 Å². The summed E-state index contributed by atoms with van der Waals surface area (Å²) < 4.78 is 0. The van der Waals surface area contributed by atoms with Crippen LogP contribution in [-0.2, 0) is 0 Å². The highest BCUT2D eigenvalue weighted by Crippen LogP contribution is 2.28. The summed E-state index contributed by atoms with van der Waals surface area (Å²) in [5, 5.41) is 1.31. The van der Waals surface area contributed by atoms with E-state index in [2.05, 4.69) is 6.92 Å². The molecule has 0 heterocycles. The Morgan fingerprint density at radius 2 is 1.43 bits per heavy atom. The minimum Gasteiger partial charge on any atom is -0.289 e. The van der Waals surface area contributed by atoms with Gasteiger partial charge < -0.3 is 0 Å². The molecular weight excluding hydrogens is 323 g/mol. The lowest BCUT2D eigenvalue weighted by Crippen LogP contribution is -1.95. The first-order chi connectivity index (χ1) is 10.1. The average Bonchev–Trinajstić information content (AvgIpc) is 2.48. The van der Waals surface area contributed by atoms with Gasteiger partial charge in [-0.25, -0.2) is 0 Å². The molecule has 0 radical (unpaired) electrons. The van der Waals surface area contributed by atoms with Gasteiger partial charge in [0.2, 0.25) is 0 Å². The van der Waals surface area contributed by atoms with Crippen molar-refractivity contribution in [3.8, 4) is 0 Å². The van der Waals surface area contributed by atoms with Crippen LogP contribution in [0.25, 0.3) is 4.91 Å². The minimum absolute atomic E-state index is 0.0300. The monoisotopic (exact) mass is 336 g/mol. The number of thioether (sulfide) groups is 1. The number of carbonyl (C=O) groups excluding carboxylic acids is 1. The number of rotatable bonds is 5. The number of allylic oxidation sites excluding steroid dienone is 1. The summed E-state index contributed by atoms with van der Waals surface area (Å²) in [5.74, 6) is 0.861. The van der Waals surface area contributed by atoms with Crippen LogP contribution in [0.5, 0.6) is 0 Å². The van der Waals surface area contributed by atoms with Gasteiger partial charge >= 0.3 is 0 Å². The Bertz CT molecular complexity index is 645. The van der Waals surface area contributed by atoms with Gasteiger partial charge in [-0.2, -0.15) is 0 Å². The molecule has 0 bridgehead atoms. The largest absolute Gasteiger partial charge is 0.289 e. The number of halogens is 2. The molecule has 2 aromatic rings. The maximum absolute atomic E-state index is 12.3. The highest BCUT2D eigenvalue weighted by molar-refractivity contribution is 8.08. The Balaban J connectivity index is 2.30. The Hall–Kier alpha value is -1.22. The van der Waals surface area contributed by atoms with Gasteiger partial charge in [0.1, 0.15) is 0 Å². The summed E-state index contributed by atoms with van der Waals surface area (Å²) in [6.07, 6.45) is 1.67. The minimum atomic E-state index is -0.0300. The van der Waals surface area contributed by atoms with Crippen LogP contribution in [-0.4, -0.2) is 11.5 Å². The van der Waals surface area contributed by atoms with E-state index in [1.807, 2.05) is 24.3 Å². The van der Waals surface area contributed by atoms with Crippen LogP contribution in [0, 0.1) is 0 Å². The third-order valence-electron chi connectivity index (χ3n) is 2.82. The molecule has 0 saturated carbocycles. The van der Waals surface area contributed by atoms with E-state index >= 15 is 0 Å². The molecule has 2 aromatic carbocycles. The lowest BCUT2D eigenvalue weighted by molar-refractivity contribution is 0.104. The first-order valence-corrected chi connectivity index (χ1v) is 8.24. The normalized spacial score (nSPS) is 11.5. The molecule has 0 fully saturated rings. The second kappa shape index (κ2) is 7.69. The molecular formula is C17H14Cl2OS. The van der Waals surface area contributed by atoms with Crippen LogP contribution >= 0.6 is 35.0 Å². The molecule has 2 rings (SSSR count). The van der Waals surface area contributed by atoms with Crippen LogP contribution in [0.1, 0.15) is 22.8 Å². The van der Waals surface area contributed by atoms with Crippen molar-refractivity contribution in [2.75, 3.05) is 5.75 Å². The summed E-state index contributed by atoms with van der Waals surface area (Å²) in [4.78, 5) is 13.3. The predicted octanol–water partition coefficient (Wildman–Crippen LogP) is 5.97. The molecule has 0 aliphatic heterocycles. The fourth-order valence-corrected chi connectivity index (χ4v) is 2.85. The first-order valence-electron chi connectivity index (χ1n) is 6.50. The van der Waals surface area contributed by atoms with Crippen LogP contribution in [0.15, 0.2) is 54.6 Å². The van der Waals surface area contributed by atoms with Gasteiger partial charge in [0.25, 0.3) is 0 Å². The molecule has 0 aliphatic rings. The summed E-state index contributed by atoms with van der Waals surface area (Å²) in [5.41, 5.74) is 1.62. The van der Waals surface area contributed by atoms with E-state index in [9.17, 15) is 4.79 Å². The lowest BCUT2D eigenvalue weighted by atomic mass is 10.1. The smallest absolute Gasteiger partial charge is 0.186 e. The average molecular weight is 337 g/mol. The van der Waals surface area contributed by atoms with E-state index in [1.165, 1.54) is 0 Å². The zero-order chi connectivity index (χ0) is 15.2. The Labute approximate surface area is 139 Å². The predicted molar refractivity (Wildman–Crippen MR) is 93.3 cm³/mol. The first kappa shape index (κ1) is 16.2. The summed E-state index contributed by atoms with van der Waals surface area (Å²) in [6.45, 7) is 2.06. The molecule has 4 heteroatoms. The van der Waals surface area contributed by atoms with Gasteiger partial charge in [-0.05, 0) is 47.7 Å². The Morgan fingerprint density at radius 1 is 0.952 bits per heavy atom. The van der Waals surface area contributed by atoms with Crippen molar-refractivity contribution >= 4 is 45.7 Å². The van der Waals surface area contributed by atoms with Crippen molar-refractivity contribution < 1.29 is 4.79 Å². The molecule has 1 nitrogen and oxygen atoms in total. The van der Waals surface area contributed by atoms with Gasteiger partial charge in [0, 0.05) is 26.6 Å². The van der Waals surface area contributed by atoms with Crippen LogP contribution in [0.2, 0.25) is 10.0 Å². The van der Waals surface area contributed by atoms with E-state index in [0.717, 1.165) is 16.2 Å².